The maximum atomic E-state index is 8.81. The molecule has 2 rings (SSSR count). The number of halogens is 1. The van der Waals surface area contributed by atoms with Crippen LogP contribution in [0.4, 0.5) is 5.69 Å². The van der Waals surface area contributed by atoms with Crippen LogP contribution in [0.3, 0.4) is 0 Å². The minimum atomic E-state index is 0.549. The van der Waals surface area contributed by atoms with Crippen molar-refractivity contribution in [3.63, 3.8) is 0 Å². The van der Waals surface area contributed by atoms with Crippen molar-refractivity contribution in [2.24, 2.45) is 5.92 Å². The van der Waals surface area contributed by atoms with Gasteiger partial charge in [-0.05, 0) is 43.9 Å². The van der Waals surface area contributed by atoms with Crippen LogP contribution < -0.4 is 4.90 Å². The molecule has 1 saturated carbocycles. The van der Waals surface area contributed by atoms with Crippen LogP contribution in [0.5, 0.6) is 0 Å². The van der Waals surface area contributed by atoms with Crippen molar-refractivity contribution in [2.75, 3.05) is 18.0 Å². The van der Waals surface area contributed by atoms with Gasteiger partial charge < -0.3 is 4.90 Å². The molecule has 0 bridgehead atoms. The number of hydrogen-bond donors (Lipinski definition) is 0. The highest BCUT2D eigenvalue weighted by molar-refractivity contribution is 6.32. The van der Waals surface area contributed by atoms with Crippen molar-refractivity contribution in [2.45, 2.75) is 19.8 Å². The summed E-state index contributed by atoms with van der Waals surface area (Å²) < 4.78 is 0. The SMILES string of the molecule is CCN(CC1CC1)c1ccc(C#N)c(Cl)c1. The number of hydrogen-bond acceptors (Lipinski definition) is 2. The largest absolute Gasteiger partial charge is 0.371 e. The molecule has 1 aromatic rings. The smallest absolute Gasteiger partial charge is 0.101 e. The molecule has 0 N–H and O–H groups in total. The third-order valence-electron chi connectivity index (χ3n) is 3.00. The molecule has 16 heavy (non-hydrogen) atoms. The van der Waals surface area contributed by atoms with Gasteiger partial charge in [-0.1, -0.05) is 11.6 Å². The molecule has 0 aromatic heterocycles. The van der Waals surface area contributed by atoms with Crippen LogP contribution in [0.1, 0.15) is 25.3 Å². The van der Waals surface area contributed by atoms with Crippen LogP contribution in [-0.4, -0.2) is 13.1 Å². The predicted molar refractivity (Wildman–Crippen MR) is 66.8 cm³/mol. The van der Waals surface area contributed by atoms with Crippen LogP contribution in [-0.2, 0) is 0 Å². The summed E-state index contributed by atoms with van der Waals surface area (Å²) in [6.45, 7) is 4.24. The lowest BCUT2D eigenvalue weighted by molar-refractivity contribution is 0.742. The van der Waals surface area contributed by atoms with Gasteiger partial charge in [0.05, 0.1) is 10.6 Å². The lowest BCUT2D eigenvalue weighted by Gasteiger charge is -2.23. The minimum Gasteiger partial charge on any atom is -0.371 e. The van der Waals surface area contributed by atoms with E-state index in [1.807, 2.05) is 12.1 Å². The van der Waals surface area contributed by atoms with Crippen molar-refractivity contribution in [3.8, 4) is 6.07 Å². The van der Waals surface area contributed by atoms with Crippen molar-refractivity contribution in [3.05, 3.63) is 28.8 Å². The van der Waals surface area contributed by atoms with E-state index in [1.165, 1.54) is 12.8 Å². The zero-order chi connectivity index (χ0) is 11.5. The summed E-state index contributed by atoms with van der Waals surface area (Å²) in [5, 5.41) is 9.36. The van der Waals surface area contributed by atoms with Gasteiger partial charge in [0.15, 0.2) is 0 Å². The molecular formula is C13H15ClN2. The Bertz CT molecular complexity index is 418. The fraction of sp³-hybridized carbons (Fsp3) is 0.462. The fourth-order valence-corrected chi connectivity index (χ4v) is 2.04. The first kappa shape index (κ1) is 11.3. The lowest BCUT2D eigenvalue weighted by atomic mass is 10.2. The van der Waals surface area contributed by atoms with E-state index < -0.39 is 0 Å². The average molecular weight is 235 g/mol. The van der Waals surface area contributed by atoms with E-state index in [-0.39, 0.29) is 0 Å². The van der Waals surface area contributed by atoms with Crippen molar-refractivity contribution in [1.82, 2.24) is 0 Å². The summed E-state index contributed by atoms with van der Waals surface area (Å²) in [5.41, 5.74) is 1.67. The Morgan fingerprint density at radius 2 is 2.25 bits per heavy atom. The molecule has 84 valence electrons. The quantitative estimate of drug-likeness (QED) is 0.798. The van der Waals surface area contributed by atoms with Gasteiger partial charge in [-0.2, -0.15) is 5.26 Å². The Labute approximate surface area is 101 Å². The van der Waals surface area contributed by atoms with Gasteiger partial charge in [-0.15, -0.1) is 0 Å². The highest BCUT2D eigenvalue weighted by atomic mass is 35.5. The van der Waals surface area contributed by atoms with Gasteiger partial charge in [0.2, 0.25) is 0 Å². The minimum absolute atomic E-state index is 0.549. The fourth-order valence-electron chi connectivity index (χ4n) is 1.82. The highest BCUT2D eigenvalue weighted by Crippen LogP contribution is 2.32. The van der Waals surface area contributed by atoms with Crippen molar-refractivity contribution >= 4 is 17.3 Å². The zero-order valence-electron chi connectivity index (χ0n) is 9.41. The average Bonchev–Trinajstić information content (AvgIpc) is 3.09. The van der Waals surface area contributed by atoms with Crippen molar-refractivity contribution < 1.29 is 0 Å². The first-order valence-electron chi connectivity index (χ1n) is 5.69. The number of nitriles is 1. The third kappa shape index (κ3) is 2.48. The molecule has 0 unspecified atom stereocenters. The summed E-state index contributed by atoms with van der Waals surface area (Å²) in [5.74, 6) is 0.856. The summed E-state index contributed by atoms with van der Waals surface area (Å²) in [6, 6.07) is 7.76. The predicted octanol–water partition coefficient (Wildman–Crippen LogP) is 3.45. The van der Waals surface area contributed by atoms with Crippen LogP contribution in [0.25, 0.3) is 0 Å². The van der Waals surface area contributed by atoms with Crippen LogP contribution in [0.15, 0.2) is 18.2 Å². The molecule has 0 heterocycles. The van der Waals surface area contributed by atoms with E-state index in [0.717, 1.165) is 24.7 Å². The summed E-state index contributed by atoms with van der Waals surface area (Å²) in [6.07, 6.45) is 2.70. The standard InChI is InChI=1S/C13H15ClN2/c1-2-16(9-10-3-4-10)12-6-5-11(8-15)13(14)7-12/h5-7,10H,2-4,9H2,1H3. The van der Waals surface area contributed by atoms with E-state index >= 15 is 0 Å². The molecule has 2 nitrogen and oxygen atoms in total. The number of nitrogens with zero attached hydrogens (tertiary/aromatic N) is 2. The second-order valence-corrected chi connectivity index (χ2v) is 4.67. The van der Waals surface area contributed by atoms with Gasteiger partial charge in [0, 0.05) is 18.8 Å². The van der Waals surface area contributed by atoms with Gasteiger partial charge in [-0.25, -0.2) is 0 Å². The molecule has 0 aliphatic heterocycles. The first-order valence-corrected chi connectivity index (χ1v) is 6.07. The number of rotatable bonds is 4. The third-order valence-corrected chi connectivity index (χ3v) is 3.31. The molecular weight excluding hydrogens is 220 g/mol. The molecule has 3 heteroatoms. The Hall–Kier alpha value is -1.20. The van der Waals surface area contributed by atoms with Gasteiger partial charge in [0.25, 0.3) is 0 Å². The van der Waals surface area contributed by atoms with Gasteiger partial charge >= 0.3 is 0 Å². The Morgan fingerprint density at radius 1 is 1.50 bits per heavy atom. The number of anilines is 1. The van der Waals surface area contributed by atoms with Crippen LogP contribution in [0, 0.1) is 17.2 Å². The normalized spacial score (nSPS) is 14.6. The summed E-state index contributed by atoms with van der Waals surface area (Å²) >= 11 is 6.03. The maximum absolute atomic E-state index is 8.81. The Kier molecular flexibility index (Phi) is 3.36. The molecule has 0 atom stereocenters. The summed E-state index contributed by atoms with van der Waals surface area (Å²) in [7, 11) is 0. The van der Waals surface area contributed by atoms with E-state index in [9.17, 15) is 0 Å². The first-order chi connectivity index (χ1) is 7.74. The molecule has 1 aromatic carbocycles. The monoisotopic (exact) mass is 234 g/mol. The van der Waals surface area contributed by atoms with E-state index in [1.54, 1.807) is 6.07 Å². The van der Waals surface area contributed by atoms with E-state index in [4.69, 9.17) is 16.9 Å². The molecule has 1 fully saturated rings. The highest BCUT2D eigenvalue weighted by Gasteiger charge is 2.24. The second kappa shape index (κ2) is 4.76. The number of benzene rings is 1. The van der Waals surface area contributed by atoms with Crippen LogP contribution >= 0.6 is 11.6 Å². The molecule has 0 spiro atoms. The topological polar surface area (TPSA) is 27.0 Å². The zero-order valence-corrected chi connectivity index (χ0v) is 10.2. The second-order valence-electron chi connectivity index (χ2n) is 4.26. The van der Waals surface area contributed by atoms with Crippen LogP contribution in [0.2, 0.25) is 5.02 Å². The van der Waals surface area contributed by atoms with Gasteiger partial charge in [-0.3, -0.25) is 0 Å². The maximum Gasteiger partial charge on any atom is 0.101 e. The molecule has 0 saturated heterocycles. The van der Waals surface area contributed by atoms with Crippen molar-refractivity contribution in [1.29, 1.82) is 5.26 Å². The summed E-state index contributed by atoms with van der Waals surface area (Å²) in [4.78, 5) is 2.32. The molecule has 0 radical (unpaired) electrons. The van der Waals surface area contributed by atoms with Gasteiger partial charge in [0.1, 0.15) is 6.07 Å². The van der Waals surface area contributed by atoms with E-state index in [0.29, 0.717) is 10.6 Å². The Balaban J connectivity index is 2.17. The molecule has 1 aliphatic rings. The van der Waals surface area contributed by atoms with E-state index in [2.05, 4.69) is 17.9 Å². The Morgan fingerprint density at radius 3 is 2.75 bits per heavy atom. The lowest BCUT2D eigenvalue weighted by Crippen LogP contribution is -2.25. The molecule has 1 aliphatic carbocycles. The molecule has 0 amide bonds.